The van der Waals surface area contributed by atoms with Gasteiger partial charge in [-0.25, -0.2) is 4.39 Å². The van der Waals surface area contributed by atoms with Crippen LogP contribution in [-0.4, -0.2) is 31.0 Å². The van der Waals surface area contributed by atoms with Crippen molar-refractivity contribution in [3.05, 3.63) is 58.9 Å². The van der Waals surface area contributed by atoms with E-state index in [0.29, 0.717) is 29.5 Å². The van der Waals surface area contributed by atoms with Gasteiger partial charge in [0.2, 0.25) is 5.91 Å². The minimum absolute atomic E-state index is 0.0330. The Balaban J connectivity index is 1.62. The van der Waals surface area contributed by atoms with Gasteiger partial charge in [0.1, 0.15) is 11.6 Å². The second-order valence-electron chi connectivity index (χ2n) is 6.53. The van der Waals surface area contributed by atoms with Crippen LogP contribution in [0.5, 0.6) is 5.75 Å². The van der Waals surface area contributed by atoms with E-state index in [0.717, 1.165) is 24.9 Å². The Kier molecular flexibility index (Phi) is 6.12. The second-order valence-corrected chi connectivity index (χ2v) is 6.97. The summed E-state index contributed by atoms with van der Waals surface area (Å²) in [6.07, 6.45) is 1.79. The third-order valence-electron chi connectivity index (χ3n) is 4.62. The van der Waals surface area contributed by atoms with Gasteiger partial charge in [0.05, 0.1) is 18.7 Å². The van der Waals surface area contributed by atoms with Crippen molar-refractivity contribution < 1.29 is 13.9 Å². The number of anilines is 1. The van der Waals surface area contributed by atoms with E-state index in [9.17, 15) is 9.18 Å². The number of halogens is 2. The van der Waals surface area contributed by atoms with Gasteiger partial charge in [0.25, 0.3) is 0 Å². The number of likely N-dealkylation sites (tertiary alicyclic amines) is 1. The Labute approximate surface area is 157 Å². The molecule has 1 fully saturated rings. The number of benzene rings is 2. The molecule has 0 spiro atoms. The number of hydrogen-bond acceptors (Lipinski definition) is 3. The first-order valence-electron chi connectivity index (χ1n) is 8.66. The van der Waals surface area contributed by atoms with E-state index in [1.807, 2.05) is 0 Å². The lowest BCUT2D eigenvalue weighted by Crippen LogP contribution is -2.40. The van der Waals surface area contributed by atoms with E-state index in [2.05, 4.69) is 10.2 Å². The molecule has 138 valence electrons. The molecule has 0 radical (unpaired) electrons. The number of nitrogens with zero attached hydrogens (tertiary/aromatic N) is 1. The highest BCUT2D eigenvalue weighted by Crippen LogP contribution is 2.29. The van der Waals surface area contributed by atoms with Crippen LogP contribution in [0.3, 0.4) is 0 Å². The highest BCUT2D eigenvalue weighted by molar-refractivity contribution is 6.31. The Bertz CT molecular complexity index is 767. The zero-order valence-corrected chi connectivity index (χ0v) is 15.4. The molecule has 6 heteroatoms. The smallest absolute Gasteiger partial charge is 0.228 e. The molecular formula is C20H22ClFN2O2. The van der Waals surface area contributed by atoms with E-state index in [4.69, 9.17) is 16.3 Å². The molecule has 1 aliphatic rings. The van der Waals surface area contributed by atoms with E-state index in [-0.39, 0.29) is 17.6 Å². The molecule has 3 rings (SSSR count). The van der Waals surface area contributed by atoms with E-state index >= 15 is 0 Å². The van der Waals surface area contributed by atoms with Crippen LogP contribution in [0.2, 0.25) is 5.02 Å². The van der Waals surface area contributed by atoms with E-state index in [1.165, 1.54) is 12.1 Å². The topological polar surface area (TPSA) is 41.6 Å². The summed E-state index contributed by atoms with van der Waals surface area (Å²) < 4.78 is 18.3. The van der Waals surface area contributed by atoms with E-state index < -0.39 is 0 Å². The van der Waals surface area contributed by atoms with Crippen LogP contribution < -0.4 is 10.1 Å². The molecule has 2 aromatic carbocycles. The molecule has 1 aliphatic heterocycles. The van der Waals surface area contributed by atoms with Crippen molar-refractivity contribution in [3.8, 4) is 5.75 Å². The maximum absolute atomic E-state index is 13.0. The monoisotopic (exact) mass is 376 g/mol. The summed E-state index contributed by atoms with van der Waals surface area (Å²) >= 11 is 6.03. The number of carbonyl (C=O) groups is 1. The molecule has 4 nitrogen and oxygen atoms in total. The summed E-state index contributed by atoms with van der Waals surface area (Å²) in [6, 6.07) is 11.7. The van der Waals surface area contributed by atoms with Gasteiger partial charge >= 0.3 is 0 Å². The number of amides is 1. The normalized spacial score (nSPS) is 17.7. The molecular weight excluding hydrogens is 355 g/mol. The molecule has 1 saturated heterocycles. The lowest BCUT2D eigenvalue weighted by molar-refractivity contribution is -0.121. The van der Waals surface area contributed by atoms with Gasteiger partial charge in [-0.2, -0.15) is 0 Å². The molecule has 0 saturated carbocycles. The minimum atomic E-state index is -0.236. The number of nitrogens with one attached hydrogen (secondary N) is 1. The van der Waals surface area contributed by atoms with Crippen LogP contribution in [0, 0.1) is 11.7 Å². The van der Waals surface area contributed by atoms with Crippen molar-refractivity contribution in [2.75, 3.05) is 25.5 Å². The average Bonchev–Trinajstić information content (AvgIpc) is 2.64. The first-order valence-corrected chi connectivity index (χ1v) is 9.04. The second kappa shape index (κ2) is 8.52. The molecule has 0 unspecified atom stereocenters. The molecule has 2 aromatic rings. The highest BCUT2D eigenvalue weighted by Gasteiger charge is 2.26. The molecule has 1 amide bonds. The molecule has 26 heavy (non-hydrogen) atoms. The molecule has 1 N–H and O–H groups in total. The van der Waals surface area contributed by atoms with Crippen molar-refractivity contribution in [2.24, 2.45) is 5.92 Å². The van der Waals surface area contributed by atoms with Gasteiger partial charge in [0, 0.05) is 18.1 Å². The fourth-order valence-corrected chi connectivity index (χ4v) is 3.45. The molecule has 1 atom stereocenters. The highest BCUT2D eigenvalue weighted by atomic mass is 35.5. The SMILES string of the molecule is COc1ccc(Cl)cc1NC(=O)[C@H]1CCCN(Cc2ccc(F)cc2)C1. The maximum Gasteiger partial charge on any atom is 0.228 e. The van der Waals surface area contributed by atoms with Crippen molar-refractivity contribution in [1.29, 1.82) is 0 Å². The summed E-state index contributed by atoms with van der Waals surface area (Å²) in [5, 5.41) is 3.48. The van der Waals surface area contributed by atoms with E-state index in [1.54, 1.807) is 37.4 Å². The fraction of sp³-hybridized carbons (Fsp3) is 0.350. The molecule has 0 aliphatic carbocycles. The summed E-state index contributed by atoms with van der Waals surface area (Å²) in [6.45, 7) is 2.32. The lowest BCUT2D eigenvalue weighted by atomic mass is 9.96. The van der Waals surface area contributed by atoms with Gasteiger partial charge < -0.3 is 10.1 Å². The van der Waals surface area contributed by atoms with Gasteiger partial charge in [0.15, 0.2) is 0 Å². The number of ether oxygens (including phenoxy) is 1. The Morgan fingerprint density at radius 1 is 1.31 bits per heavy atom. The van der Waals surface area contributed by atoms with Gasteiger partial charge in [-0.15, -0.1) is 0 Å². The summed E-state index contributed by atoms with van der Waals surface area (Å²) in [4.78, 5) is 14.9. The van der Waals surface area contributed by atoms with Crippen molar-refractivity contribution in [2.45, 2.75) is 19.4 Å². The largest absolute Gasteiger partial charge is 0.495 e. The predicted molar refractivity (Wildman–Crippen MR) is 101 cm³/mol. The number of methoxy groups -OCH3 is 1. The average molecular weight is 377 g/mol. The Morgan fingerprint density at radius 3 is 2.81 bits per heavy atom. The van der Waals surface area contributed by atoms with Gasteiger partial charge in [-0.3, -0.25) is 9.69 Å². The van der Waals surface area contributed by atoms with Crippen molar-refractivity contribution >= 4 is 23.2 Å². The van der Waals surface area contributed by atoms with Crippen LogP contribution in [0.4, 0.5) is 10.1 Å². The molecule has 0 bridgehead atoms. The minimum Gasteiger partial charge on any atom is -0.495 e. The Morgan fingerprint density at radius 2 is 2.08 bits per heavy atom. The molecule has 0 aromatic heterocycles. The van der Waals surface area contributed by atoms with Crippen LogP contribution in [0.1, 0.15) is 18.4 Å². The van der Waals surface area contributed by atoms with Gasteiger partial charge in [-0.1, -0.05) is 23.7 Å². The fourth-order valence-electron chi connectivity index (χ4n) is 3.27. The maximum atomic E-state index is 13.0. The van der Waals surface area contributed by atoms with Crippen LogP contribution >= 0.6 is 11.6 Å². The standard InChI is InChI=1S/C20H22ClFN2O2/c1-26-19-9-6-16(21)11-18(19)23-20(25)15-3-2-10-24(13-15)12-14-4-7-17(22)8-5-14/h4-9,11,15H,2-3,10,12-13H2,1H3,(H,23,25)/t15-/m0/s1. The lowest BCUT2D eigenvalue weighted by Gasteiger charge is -2.32. The zero-order valence-electron chi connectivity index (χ0n) is 14.7. The summed E-state index contributed by atoms with van der Waals surface area (Å²) in [7, 11) is 1.56. The van der Waals surface area contributed by atoms with Gasteiger partial charge in [-0.05, 0) is 55.3 Å². The number of piperidine rings is 1. The Hall–Kier alpha value is -2.11. The summed E-state index contributed by atoms with van der Waals surface area (Å²) in [5.74, 6) is 0.212. The number of hydrogen-bond donors (Lipinski definition) is 1. The predicted octanol–water partition coefficient (Wildman–Crippen LogP) is 4.34. The molecule has 1 heterocycles. The zero-order chi connectivity index (χ0) is 18.5. The third-order valence-corrected chi connectivity index (χ3v) is 4.85. The third kappa shape index (κ3) is 4.74. The first kappa shape index (κ1) is 18.7. The number of rotatable bonds is 5. The van der Waals surface area contributed by atoms with Crippen LogP contribution in [0.25, 0.3) is 0 Å². The first-order chi connectivity index (χ1) is 12.5. The van der Waals surface area contributed by atoms with Crippen LogP contribution in [0.15, 0.2) is 42.5 Å². The quantitative estimate of drug-likeness (QED) is 0.844. The van der Waals surface area contributed by atoms with Crippen molar-refractivity contribution in [3.63, 3.8) is 0 Å². The van der Waals surface area contributed by atoms with Crippen molar-refractivity contribution in [1.82, 2.24) is 4.90 Å². The van der Waals surface area contributed by atoms with Crippen LogP contribution in [-0.2, 0) is 11.3 Å². The summed E-state index contributed by atoms with van der Waals surface area (Å²) in [5.41, 5.74) is 1.63. The number of carbonyl (C=O) groups excluding carboxylic acids is 1.